The Bertz CT molecular complexity index is 476. The van der Waals surface area contributed by atoms with Crippen LogP contribution in [0.2, 0.25) is 0 Å². The van der Waals surface area contributed by atoms with Crippen LogP contribution in [0.4, 0.5) is 0 Å². The van der Waals surface area contributed by atoms with Gasteiger partial charge in [0.15, 0.2) is 0 Å². The number of nitrogens with zero attached hydrogens (tertiary/aromatic N) is 3. The predicted octanol–water partition coefficient (Wildman–Crippen LogP) is 1.10. The van der Waals surface area contributed by atoms with Crippen LogP contribution < -0.4 is 5.32 Å². The van der Waals surface area contributed by atoms with Crippen LogP contribution in [0, 0.1) is 12.8 Å². The molecule has 0 spiro atoms. The van der Waals surface area contributed by atoms with Gasteiger partial charge in [0.05, 0.1) is 10.7 Å². The molecule has 0 unspecified atom stereocenters. The van der Waals surface area contributed by atoms with Crippen LogP contribution in [0.5, 0.6) is 0 Å². The predicted molar refractivity (Wildman–Crippen MR) is 84.3 cm³/mol. The van der Waals surface area contributed by atoms with E-state index in [4.69, 9.17) is 0 Å². The highest BCUT2D eigenvalue weighted by Gasteiger charge is 2.28. The van der Waals surface area contributed by atoms with E-state index in [-0.39, 0.29) is 5.92 Å². The van der Waals surface area contributed by atoms with Crippen LogP contribution in [0.25, 0.3) is 0 Å². The first-order valence-electron chi connectivity index (χ1n) is 7.85. The van der Waals surface area contributed by atoms with Crippen molar-refractivity contribution in [2.24, 2.45) is 5.92 Å². The Kier molecular flexibility index (Phi) is 4.87. The molecule has 6 heteroatoms. The summed E-state index contributed by atoms with van der Waals surface area (Å²) >= 11 is 1.71. The summed E-state index contributed by atoms with van der Waals surface area (Å²) in [5.41, 5.74) is 1.16. The standard InChI is InChI=1S/C15H24N4OS/c1-12-17-14(11-21-12)10-18-6-8-19(9-7-18)15(20)13-2-4-16-5-3-13/h11,13,16H,2-10H2,1H3. The number of thiazole rings is 1. The third-order valence-corrected chi connectivity index (χ3v) is 5.25. The number of nitrogens with one attached hydrogen (secondary N) is 1. The molecule has 0 bridgehead atoms. The number of hydrogen-bond acceptors (Lipinski definition) is 5. The summed E-state index contributed by atoms with van der Waals surface area (Å²) in [4.78, 5) is 21.5. The van der Waals surface area contributed by atoms with Gasteiger partial charge < -0.3 is 10.2 Å². The molecular formula is C15H24N4OS. The number of hydrogen-bond donors (Lipinski definition) is 1. The molecule has 1 aromatic rings. The maximum absolute atomic E-state index is 12.5. The first-order chi connectivity index (χ1) is 10.2. The zero-order chi connectivity index (χ0) is 14.7. The molecule has 21 heavy (non-hydrogen) atoms. The topological polar surface area (TPSA) is 48.5 Å². The molecule has 2 saturated heterocycles. The van der Waals surface area contributed by atoms with Crippen LogP contribution in [-0.4, -0.2) is 60.0 Å². The maximum atomic E-state index is 12.5. The minimum atomic E-state index is 0.249. The number of amides is 1. The molecule has 3 rings (SSSR count). The Hall–Kier alpha value is -0.980. The molecular weight excluding hydrogens is 284 g/mol. The van der Waals surface area contributed by atoms with Crippen molar-refractivity contribution < 1.29 is 4.79 Å². The molecule has 3 heterocycles. The summed E-state index contributed by atoms with van der Waals surface area (Å²) in [5.74, 6) is 0.625. The van der Waals surface area contributed by atoms with Gasteiger partial charge in [-0.15, -0.1) is 11.3 Å². The number of carbonyl (C=O) groups excluding carboxylic acids is 1. The molecule has 0 aliphatic carbocycles. The molecule has 1 amide bonds. The van der Waals surface area contributed by atoms with E-state index in [9.17, 15) is 4.79 Å². The number of carbonyl (C=O) groups is 1. The minimum Gasteiger partial charge on any atom is -0.340 e. The molecule has 0 saturated carbocycles. The quantitative estimate of drug-likeness (QED) is 0.908. The molecule has 2 fully saturated rings. The van der Waals surface area contributed by atoms with Gasteiger partial charge in [-0.2, -0.15) is 0 Å². The van der Waals surface area contributed by atoms with Crippen molar-refractivity contribution in [3.63, 3.8) is 0 Å². The van der Waals surface area contributed by atoms with Gasteiger partial charge in [-0.25, -0.2) is 4.98 Å². The number of aryl methyl sites for hydroxylation is 1. The Morgan fingerprint density at radius 3 is 2.67 bits per heavy atom. The Morgan fingerprint density at radius 1 is 1.33 bits per heavy atom. The second-order valence-electron chi connectivity index (χ2n) is 5.98. The van der Waals surface area contributed by atoms with E-state index >= 15 is 0 Å². The lowest BCUT2D eigenvalue weighted by atomic mass is 9.96. The third-order valence-electron chi connectivity index (χ3n) is 4.42. The number of piperidine rings is 1. The van der Waals surface area contributed by atoms with Gasteiger partial charge >= 0.3 is 0 Å². The molecule has 116 valence electrons. The number of rotatable bonds is 3. The van der Waals surface area contributed by atoms with Gasteiger partial charge in [0.25, 0.3) is 0 Å². The van der Waals surface area contributed by atoms with Gasteiger partial charge in [-0.3, -0.25) is 9.69 Å². The zero-order valence-corrected chi connectivity index (χ0v) is 13.5. The monoisotopic (exact) mass is 308 g/mol. The molecule has 0 aromatic carbocycles. The fraction of sp³-hybridized carbons (Fsp3) is 0.733. The van der Waals surface area contributed by atoms with E-state index in [1.807, 2.05) is 6.92 Å². The summed E-state index contributed by atoms with van der Waals surface area (Å²) in [5, 5.41) is 6.59. The third kappa shape index (κ3) is 3.81. The first kappa shape index (κ1) is 14.9. The van der Waals surface area contributed by atoms with Crippen LogP contribution in [-0.2, 0) is 11.3 Å². The van der Waals surface area contributed by atoms with Crippen molar-refractivity contribution >= 4 is 17.2 Å². The number of aromatic nitrogens is 1. The highest BCUT2D eigenvalue weighted by atomic mass is 32.1. The molecule has 0 atom stereocenters. The lowest BCUT2D eigenvalue weighted by molar-refractivity contribution is -0.138. The largest absolute Gasteiger partial charge is 0.340 e. The van der Waals surface area contributed by atoms with E-state index in [0.29, 0.717) is 5.91 Å². The van der Waals surface area contributed by atoms with Crippen LogP contribution in [0.15, 0.2) is 5.38 Å². The minimum absolute atomic E-state index is 0.249. The smallest absolute Gasteiger partial charge is 0.225 e. The van der Waals surface area contributed by atoms with Gasteiger partial charge in [-0.1, -0.05) is 0 Å². The van der Waals surface area contributed by atoms with Crippen molar-refractivity contribution in [3.05, 3.63) is 16.1 Å². The van der Waals surface area contributed by atoms with Crippen LogP contribution in [0.1, 0.15) is 23.5 Å². The van der Waals surface area contributed by atoms with E-state index in [0.717, 1.165) is 69.4 Å². The molecule has 5 nitrogen and oxygen atoms in total. The Morgan fingerprint density at radius 2 is 2.05 bits per heavy atom. The summed E-state index contributed by atoms with van der Waals surface area (Å²) in [6, 6.07) is 0. The zero-order valence-electron chi connectivity index (χ0n) is 12.7. The van der Waals surface area contributed by atoms with Gasteiger partial charge in [-0.05, 0) is 32.9 Å². The van der Waals surface area contributed by atoms with Crippen molar-refractivity contribution in [1.29, 1.82) is 0 Å². The van der Waals surface area contributed by atoms with Crippen molar-refractivity contribution in [3.8, 4) is 0 Å². The SMILES string of the molecule is Cc1nc(CN2CCN(C(=O)C3CCNCC3)CC2)cs1. The molecule has 2 aliphatic rings. The fourth-order valence-electron chi connectivity index (χ4n) is 3.16. The second-order valence-corrected chi connectivity index (χ2v) is 7.05. The van der Waals surface area contributed by atoms with Gasteiger partial charge in [0, 0.05) is 44.0 Å². The van der Waals surface area contributed by atoms with Crippen molar-refractivity contribution in [1.82, 2.24) is 20.1 Å². The van der Waals surface area contributed by atoms with E-state index in [1.54, 1.807) is 11.3 Å². The number of piperazine rings is 1. The van der Waals surface area contributed by atoms with E-state index in [2.05, 4.69) is 25.5 Å². The molecule has 2 aliphatic heterocycles. The summed E-state index contributed by atoms with van der Waals surface area (Å²) < 4.78 is 0. The Balaban J connectivity index is 1.47. The van der Waals surface area contributed by atoms with Gasteiger partial charge in [0.1, 0.15) is 0 Å². The van der Waals surface area contributed by atoms with Crippen LogP contribution in [0.3, 0.4) is 0 Å². The second kappa shape index (κ2) is 6.85. The lowest BCUT2D eigenvalue weighted by Crippen LogP contribution is -2.51. The maximum Gasteiger partial charge on any atom is 0.225 e. The highest BCUT2D eigenvalue weighted by Crippen LogP contribution is 2.17. The van der Waals surface area contributed by atoms with Crippen molar-refractivity contribution in [2.75, 3.05) is 39.3 Å². The summed E-state index contributed by atoms with van der Waals surface area (Å²) in [6.45, 7) is 8.60. The van der Waals surface area contributed by atoms with E-state index < -0.39 is 0 Å². The lowest BCUT2D eigenvalue weighted by Gasteiger charge is -2.37. The summed E-state index contributed by atoms with van der Waals surface area (Å²) in [7, 11) is 0. The average molecular weight is 308 g/mol. The molecule has 0 radical (unpaired) electrons. The molecule has 1 N–H and O–H groups in total. The normalized spacial score (nSPS) is 21.7. The fourth-order valence-corrected chi connectivity index (χ4v) is 3.77. The average Bonchev–Trinajstić information content (AvgIpc) is 2.93. The molecule has 1 aromatic heterocycles. The Labute approximate surface area is 130 Å². The van der Waals surface area contributed by atoms with Crippen LogP contribution >= 0.6 is 11.3 Å². The van der Waals surface area contributed by atoms with Gasteiger partial charge in [0.2, 0.25) is 5.91 Å². The highest BCUT2D eigenvalue weighted by molar-refractivity contribution is 7.09. The summed E-state index contributed by atoms with van der Waals surface area (Å²) in [6.07, 6.45) is 1.99. The van der Waals surface area contributed by atoms with E-state index in [1.165, 1.54) is 0 Å². The first-order valence-corrected chi connectivity index (χ1v) is 8.73. The van der Waals surface area contributed by atoms with Crippen molar-refractivity contribution in [2.45, 2.75) is 26.3 Å².